The van der Waals surface area contributed by atoms with Gasteiger partial charge in [-0.15, -0.1) is 0 Å². The van der Waals surface area contributed by atoms with E-state index in [4.69, 9.17) is 4.74 Å². The van der Waals surface area contributed by atoms with Gasteiger partial charge in [0.25, 0.3) is 0 Å². The fourth-order valence-electron chi connectivity index (χ4n) is 3.04. The molecule has 1 unspecified atom stereocenters. The lowest BCUT2D eigenvalue weighted by Gasteiger charge is -2.24. The Hall–Kier alpha value is -2.07. The van der Waals surface area contributed by atoms with Crippen LogP contribution >= 0.6 is 15.9 Å². The Morgan fingerprint density at radius 3 is 2.54 bits per heavy atom. The molecule has 1 atom stereocenters. The standard InChI is InChI=1S/C20H20BrNO2/c1-24-18-11-7-16(8-12-18)19-3-2-14-22(19)20(23)13-6-15-4-9-17(21)10-5-15/h4-13,19H,2-3,14H2,1H3. The van der Waals surface area contributed by atoms with Crippen molar-refractivity contribution in [1.82, 2.24) is 4.90 Å². The molecule has 3 nitrogen and oxygen atoms in total. The van der Waals surface area contributed by atoms with Crippen LogP contribution in [0.15, 0.2) is 59.1 Å². The molecule has 24 heavy (non-hydrogen) atoms. The first-order valence-electron chi connectivity index (χ1n) is 8.05. The number of ether oxygens (including phenoxy) is 1. The van der Waals surface area contributed by atoms with Crippen molar-refractivity contribution in [2.75, 3.05) is 13.7 Å². The van der Waals surface area contributed by atoms with Crippen molar-refractivity contribution in [1.29, 1.82) is 0 Å². The molecule has 0 bridgehead atoms. The number of benzene rings is 2. The highest BCUT2D eigenvalue weighted by Gasteiger charge is 2.28. The van der Waals surface area contributed by atoms with Gasteiger partial charge in [-0.3, -0.25) is 4.79 Å². The van der Waals surface area contributed by atoms with Crippen molar-refractivity contribution in [2.45, 2.75) is 18.9 Å². The monoisotopic (exact) mass is 385 g/mol. The number of hydrogen-bond acceptors (Lipinski definition) is 2. The summed E-state index contributed by atoms with van der Waals surface area (Å²) in [6.07, 6.45) is 5.59. The maximum atomic E-state index is 12.6. The summed E-state index contributed by atoms with van der Waals surface area (Å²) in [5.74, 6) is 0.904. The second-order valence-corrected chi connectivity index (χ2v) is 6.76. The molecular weight excluding hydrogens is 366 g/mol. The van der Waals surface area contributed by atoms with Gasteiger partial charge in [-0.25, -0.2) is 0 Å². The number of halogens is 1. The van der Waals surface area contributed by atoms with Crippen molar-refractivity contribution in [3.05, 3.63) is 70.2 Å². The lowest BCUT2D eigenvalue weighted by atomic mass is 10.0. The molecule has 0 spiro atoms. The lowest BCUT2D eigenvalue weighted by Crippen LogP contribution is -2.28. The molecule has 2 aromatic carbocycles. The van der Waals surface area contributed by atoms with Gasteiger partial charge >= 0.3 is 0 Å². The minimum absolute atomic E-state index is 0.0660. The minimum atomic E-state index is 0.0660. The summed E-state index contributed by atoms with van der Waals surface area (Å²) in [6.45, 7) is 0.806. The zero-order chi connectivity index (χ0) is 16.9. The van der Waals surface area contributed by atoms with E-state index in [-0.39, 0.29) is 11.9 Å². The van der Waals surface area contributed by atoms with Gasteiger partial charge in [0, 0.05) is 17.1 Å². The number of carbonyl (C=O) groups is 1. The van der Waals surface area contributed by atoms with E-state index >= 15 is 0 Å². The maximum Gasteiger partial charge on any atom is 0.247 e. The van der Waals surface area contributed by atoms with Crippen LogP contribution in [0.25, 0.3) is 6.08 Å². The van der Waals surface area contributed by atoms with Crippen molar-refractivity contribution in [3.8, 4) is 5.75 Å². The number of nitrogens with zero attached hydrogens (tertiary/aromatic N) is 1. The normalized spacial score (nSPS) is 17.4. The minimum Gasteiger partial charge on any atom is -0.497 e. The number of amides is 1. The zero-order valence-corrected chi connectivity index (χ0v) is 15.2. The summed E-state index contributed by atoms with van der Waals surface area (Å²) >= 11 is 3.42. The number of rotatable bonds is 4. The van der Waals surface area contributed by atoms with Gasteiger partial charge in [-0.05, 0) is 54.3 Å². The first kappa shape index (κ1) is 16.8. The van der Waals surface area contributed by atoms with Crippen LogP contribution in [0, 0.1) is 0 Å². The maximum absolute atomic E-state index is 12.6. The molecule has 1 aliphatic rings. The average Bonchev–Trinajstić information content (AvgIpc) is 3.11. The van der Waals surface area contributed by atoms with Gasteiger partial charge in [-0.2, -0.15) is 0 Å². The Morgan fingerprint density at radius 1 is 1.17 bits per heavy atom. The molecule has 1 aliphatic heterocycles. The smallest absolute Gasteiger partial charge is 0.247 e. The molecule has 3 rings (SSSR count). The first-order chi connectivity index (χ1) is 11.7. The van der Waals surface area contributed by atoms with Gasteiger partial charge in [0.15, 0.2) is 0 Å². The molecule has 1 heterocycles. The van der Waals surface area contributed by atoms with Crippen molar-refractivity contribution in [2.24, 2.45) is 0 Å². The highest BCUT2D eigenvalue weighted by Crippen LogP contribution is 2.33. The fraction of sp³-hybridized carbons (Fsp3) is 0.250. The molecular formula is C20H20BrNO2. The Bertz CT molecular complexity index is 722. The molecule has 1 fully saturated rings. The van der Waals surface area contributed by atoms with E-state index in [1.54, 1.807) is 13.2 Å². The third kappa shape index (κ3) is 3.88. The predicted octanol–water partition coefficient (Wildman–Crippen LogP) is 4.83. The van der Waals surface area contributed by atoms with E-state index in [0.29, 0.717) is 0 Å². The third-order valence-corrected chi connectivity index (χ3v) is 4.85. The van der Waals surface area contributed by atoms with E-state index in [1.807, 2.05) is 59.5 Å². The molecule has 1 saturated heterocycles. The van der Waals surface area contributed by atoms with Gasteiger partial charge in [-0.1, -0.05) is 40.2 Å². The summed E-state index contributed by atoms with van der Waals surface area (Å²) in [5, 5.41) is 0. The van der Waals surface area contributed by atoms with E-state index in [0.717, 1.165) is 35.2 Å². The van der Waals surface area contributed by atoms with E-state index in [1.165, 1.54) is 5.56 Å². The number of carbonyl (C=O) groups excluding carboxylic acids is 1. The van der Waals surface area contributed by atoms with Crippen LogP contribution in [0.2, 0.25) is 0 Å². The van der Waals surface area contributed by atoms with Crippen LogP contribution in [0.1, 0.15) is 30.0 Å². The largest absolute Gasteiger partial charge is 0.497 e. The van der Waals surface area contributed by atoms with Gasteiger partial charge in [0.2, 0.25) is 5.91 Å². The molecule has 0 aromatic heterocycles. The molecule has 0 aliphatic carbocycles. The van der Waals surface area contributed by atoms with E-state index in [9.17, 15) is 4.79 Å². The molecule has 1 amide bonds. The summed E-state index contributed by atoms with van der Waals surface area (Å²) in [5.41, 5.74) is 2.19. The Labute approximate surface area is 151 Å². The first-order valence-corrected chi connectivity index (χ1v) is 8.85. The second kappa shape index (κ2) is 7.67. The van der Waals surface area contributed by atoms with Gasteiger partial charge in [0.05, 0.1) is 13.2 Å². The Balaban J connectivity index is 1.71. The van der Waals surface area contributed by atoms with Crippen molar-refractivity contribution < 1.29 is 9.53 Å². The lowest BCUT2D eigenvalue weighted by molar-refractivity contribution is -0.126. The zero-order valence-electron chi connectivity index (χ0n) is 13.6. The van der Waals surface area contributed by atoms with Crippen LogP contribution < -0.4 is 4.74 Å². The highest BCUT2D eigenvalue weighted by atomic mass is 79.9. The number of methoxy groups -OCH3 is 1. The average molecular weight is 386 g/mol. The molecule has 2 aromatic rings. The highest BCUT2D eigenvalue weighted by molar-refractivity contribution is 9.10. The van der Waals surface area contributed by atoms with Crippen molar-refractivity contribution >= 4 is 27.9 Å². The topological polar surface area (TPSA) is 29.5 Å². The summed E-state index contributed by atoms with van der Waals surface area (Å²) in [4.78, 5) is 14.6. The fourth-order valence-corrected chi connectivity index (χ4v) is 3.30. The van der Waals surface area contributed by atoms with E-state index < -0.39 is 0 Å². The van der Waals surface area contributed by atoms with Gasteiger partial charge < -0.3 is 9.64 Å². The molecule has 0 radical (unpaired) electrons. The van der Waals surface area contributed by atoms with Crippen molar-refractivity contribution in [3.63, 3.8) is 0 Å². The number of hydrogen-bond donors (Lipinski definition) is 0. The molecule has 0 saturated carbocycles. The second-order valence-electron chi connectivity index (χ2n) is 5.85. The molecule has 124 valence electrons. The summed E-state index contributed by atoms with van der Waals surface area (Å²) < 4.78 is 6.24. The third-order valence-electron chi connectivity index (χ3n) is 4.32. The van der Waals surface area contributed by atoms with Crippen LogP contribution in [-0.2, 0) is 4.79 Å². The summed E-state index contributed by atoms with van der Waals surface area (Å²) in [7, 11) is 1.66. The molecule has 4 heteroatoms. The Kier molecular flexibility index (Phi) is 5.36. The van der Waals surface area contributed by atoms with Crippen LogP contribution in [0.5, 0.6) is 5.75 Å². The Morgan fingerprint density at radius 2 is 1.88 bits per heavy atom. The quantitative estimate of drug-likeness (QED) is 0.705. The van der Waals surface area contributed by atoms with Crippen LogP contribution in [0.4, 0.5) is 0 Å². The number of likely N-dealkylation sites (tertiary alicyclic amines) is 1. The van der Waals surface area contributed by atoms with E-state index in [2.05, 4.69) is 15.9 Å². The summed E-state index contributed by atoms with van der Waals surface area (Å²) in [6, 6.07) is 16.1. The van der Waals surface area contributed by atoms with Gasteiger partial charge in [0.1, 0.15) is 5.75 Å². The molecule has 0 N–H and O–H groups in total. The van der Waals surface area contributed by atoms with Crippen LogP contribution in [-0.4, -0.2) is 24.5 Å². The SMILES string of the molecule is COc1ccc(C2CCCN2C(=O)C=Cc2ccc(Br)cc2)cc1. The predicted molar refractivity (Wildman–Crippen MR) is 99.9 cm³/mol. The van der Waals surface area contributed by atoms with Crippen LogP contribution in [0.3, 0.4) is 0 Å².